The van der Waals surface area contributed by atoms with Crippen molar-refractivity contribution in [1.29, 1.82) is 0 Å². The largest absolute Gasteiger partial charge is 0.493 e. The number of rotatable bonds is 2. The first-order valence-electron chi connectivity index (χ1n) is 3.95. The summed E-state index contributed by atoms with van der Waals surface area (Å²) in [7, 11) is 0. The molecule has 3 nitrogen and oxygen atoms in total. The Morgan fingerprint density at radius 2 is 2.09 bits per heavy atom. The van der Waals surface area contributed by atoms with Crippen molar-refractivity contribution in [1.82, 2.24) is 9.78 Å². The van der Waals surface area contributed by atoms with E-state index in [9.17, 15) is 5.11 Å². The minimum absolute atomic E-state index is 0.310. The molecule has 0 amide bonds. The number of hydrogen-bond acceptors (Lipinski definition) is 2. The zero-order chi connectivity index (χ0) is 8.43. The van der Waals surface area contributed by atoms with E-state index in [2.05, 4.69) is 5.10 Å². The van der Waals surface area contributed by atoms with Crippen LogP contribution in [-0.2, 0) is 13.0 Å². The quantitative estimate of drug-likeness (QED) is 0.700. The fraction of sp³-hybridized carbons (Fsp3) is 0.625. The van der Waals surface area contributed by atoms with Gasteiger partial charge in [-0.3, -0.25) is 0 Å². The van der Waals surface area contributed by atoms with Gasteiger partial charge >= 0.3 is 0 Å². The third-order valence-corrected chi connectivity index (χ3v) is 1.89. The van der Waals surface area contributed by atoms with E-state index in [0.29, 0.717) is 5.88 Å². The molecule has 1 rings (SSSR count). The predicted octanol–water partition coefficient (Wildman–Crippen LogP) is 1.48. The molecule has 0 aliphatic heterocycles. The lowest BCUT2D eigenvalue weighted by molar-refractivity contribution is 0.402. The molecule has 0 spiro atoms. The van der Waals surface area contributed by atoms with Crippen molar-refractivity contribution in [3.8, 4) is 5.88 Å². The standard InChI is InChI=1S/C8H14N2O/c1-4-7-6(3)8(11)10(5-2)9-7/h11H,4-5H2,1-3H3. The molecule has 0 aromatic carbocycles. The third-order valence-electron chi connectivity index (χ3n) is 1.89. The molecular weight excluding hydrogens is 140 g/mol. The van der Waals surface area contributed by atoms with Crippen LogP contribution in [-0.4, -0.2) is 14.9 Å². The summed E-state index contributed by atoms with van der Waals surface area (Å²) >= 11 is 0. The SMILES string of the molecule is CCc1nn(CC)c(O)c1C. The van der Waals surface area contributed by atoms with Crippen LogP contribution >= 0.6 is 0 Å². The molecule has 0 unspecified atom stereocenters. The summed E-state index contributed by atoms with van der Waals surface area (Å²) in [6.45, 7) is 6.63. The van der Waals surface area contributed by atoms with Gasteiger partial charge in [0, 0.05) is 12.1 Å². The summed E-state index contributed by atoms with van der Waals surface area (Å²) in [4.78, 5) is 0. The van der Waals surface area contributed by atoms with Crippen LogP contribution < -0.4 is 0 Å². The lowest BCUT2D eigenvalue weighted by Gasteiger charge is -1.95. The molecule has 0 aliphatic carbocycles. The predicted molar refractivity (Wildman–Crippen MR) is 43.7 cm³/mol. The molecular formula is C8H14N2O. The fourth-order valence-electron chi connectivity index (χ4n) is 1.15. The van der Waals surface area contributed by atoms with Gasteiger partial charge in [-0.25, -0.2) is 4.68 Å². The van der Waals surface area contributed by atoms with Crippen LogP contribution in [0.4, 0.5) is 0 Å². The van der Waals surface area contributed by atoms with Gasteiger partial charge in [0.15, 0.2) is 0 Å². The second kappa shape index (κ2) is 2.95. The Bertz CT molecular complexity index is 228. The maximum absolute atomic E-state index is 9.45. The maximum Gasteiger partial charge on any atom is 0.212 e. The normalized spacial score (nSPS) is 10.5. The molecule has 1 aromatic rings. The van der Waals surface area contributed by atoms with E-state index in [1.54, 1.807) is 4.68 Å². The lowest BCUT2D eigenvalue weighted by atomic mass is 10.2. The Labute approximate surface area is 66.7 Å². The van der Waals surface area contributed by atoms with Gasteiger partial charge in [-0.2, -0.15) is 5.10 Å². The number of aryl methyl sites for hydroxylation is 2. The number of aromatic hydroxyl groups is 1. The van der Waals surface area contributed by atoms with Crippen LogP contribution in [0.3, 0.4) is 0 Å². The Morgan fingerprint density at radius 3 is 2.36 bits per heavy atom. The average Bonchev–Trinajstić information content (AvgIpc) is 2.30. The molecule has 62 valence electrons. The molecule has 0 bridgehead atoms. The number of aromatic nitrogens is 2. The number of nitrogens with zero attached hydrogens (tertiary/aromatic N) is 2. The first-order valence-corrected chi connectivity index (χ1v) is 3.95. The molecule has 0 saturated carbocycles. The summed E-state index contributed by atoms with van der Waals surface area (Å²) in [5.74, 6) is 0.310. The molecule has 11 heavy (non-hydrogen) atoms. The van der Waals surface area contributed by atoms with Crippen LogP contribution in [0.2, 0.25) is 0 Å². The second-order valence-electron chi connectivity index (χ2n) is 2.56. The van der Waals surface area contributed by atoms with Gasteiger partial charge in [-0.1, -0.05) is 6.92 Å². The smallest absolute Gasteiger partial charge is 0.212 e. The summed E-state index contributed by atoms with van der Waals surface area (Å²) in [5.41, 5.74) is 1.90. The molecule has 3 heteroatoms. The summed E-state index contributed by atoms with van der Waals surface area (Å²) in [5, 5.41) is 13.7. The lowest BCUT2D eigenvalue weighted by Crippen LogP contribution is -1.95. The monoisotopic (exact) mass is 154 g/mol. The summed E-state index contributed by atoms with van der Waals surface area (Å²) in [6, 6.07) is 0. The van der Waals surface area contributed by atoms with Crippen molar-refractivity contribution >= 4 is 0 Å². The Hall–Kier alpha value is -0.990. The maximum atomic E-state index is 9.45. The van der Waals surface area contributed by atoms with Gasteiger partial charge in [-0.15, -0.1) is 0 Å². The topological polar surface area (TPSA) is 38.0 Å². The van der Waals surface area contributed by atoms with E-state index >= 15 is 0 Å². The van der Waals surface area contributed by atoms with Crippen molar-refractivity contribution in [2.75, 3.05) is 0 Å². The molecule has 0 saturated heterocycles. The van der Waals surface area contributed by atoms with Crippen LogP contribution in [0.25, 0.3) is 0 Å². The second-order valence-corrected chi connectivity index (χ2v) is 2.56. The van der Waals surface area contributed by atoms with E-state index in [-0.39, 0.29) is 0 Å². The van der Waals surface area contributed by atoms with E-state index in [1.165, 1.54) is 0 Å². The van der Waals surface area contributed by atoms with E-state index in [0.717, 1.165) is 24.2 Å². The van der Waals surface area contributed by atoms with Crippen molar-refractivity contribution in [3.05, 3.63) is 11.3 Å². The van der Waals surface area contributed by atoms with Gasteiger partial charge in [0.2, 0.25) is 5.88 Å². The highest BCUT2D eigenvalue weighted by Gasteiger charge is 2.09. The minimum Gasteiger partial charge on any atom is -0.493 e. The highest BCUT2D eigenvalue weighted by Crippen LogP contribution is 2.19. The van der Waals surface area contributed by atoms with Crippen LogP contribution in [0, 0.1) is 6.92 Å². The third kappa shape index (κ3) is 1.23. The van der Waals surface area contributed by atoms with Gasteiger partial charge in [0.25, 0.3) is 0 Å². The molecule has 1 aromatic heterocycles. The van der Waals surface area contributed by atoms with Gasteiger partial charge in [-0.05, 0) is 20.3 Å². The zero-order valence-electron chi connectivity index (χ0n) is 7.26. The van der Waals surface area contributed by atoms with Crippen molar-refractivity contribution < 1.29 is 5.11 Å². The Balaban J connectivity index is 3.12. The van der Waals surface area contributed by atoms with Crippen LogP contribution in [0.15, 0.2) is 0 Å². The van der Waals surface area contributed by atoms with Gasteiger partial charge in [0.05, 0.1) is 5.69 Å². The molecule has 0 atom stereocenters. The highest BCUT2D eigenvalue weighted by atomic mass is 16.3. The molecule has 0 fully saturated rings. The Morgan fingerprint density at radius 1 is 1.45 bits per heavy atom. The van der Waals surface area contributed by atoms with Crippen LogP contribution in [0.1, 0.15) is 25.1 Å². The van der Waals surface area contributed by atoms with E-state index in [4.69, 9.17) is 0 Å². The van der Waals surface area contributed by atoms with Crippen molar-refractivity contribution in [2.45, 2.75) is 33.7 Å². The fourth-order valence-corrected chi connectivity index (χ4v) is 1.15. The van der Waals surface area contributed by atoms with Crippen LogP contribution in [0.5, 0.6) is 5.88 Å². The van der Waals surface area contributed by atoms with Crippen molar-refractivity contribution in [3.63, 3.8) is 0 Å². The van der Waals surface area contributed by atoms with E-state index < -0.39 is 0 Å². The summed E-state index contributed by atoms with van der Waals surface area (Å²) in [6.07, 6.45) is 0.881. The summed E-state index contributed by atoms with van der Waals surface area (Å²) < 4.78 is 1.62. The first-order chi connectivity index (χ1) is 5.20. The van der Waals surface area contributed by atoms with Crippen molar-refractivity contribution in [2.24, 2.45) is 0 Å². The Kier molecular flexibility index (Phi) is 2.17. The molecule has 0 aliphatic rings. The first kappa shape index (κ1) is 8.11. The van der Waals surface area contributed by atoms with Gasteiger partial charge < -0.3 is 5.11 Å². The zero-order valence-corrected chi connectivity index (χ0v) is 7.26. The average molecular weight is 154 g/mol. The highest BCUT2D eigenvalue weighted by molar-refractivity contribution is 5.28. The minimum atomic E-state index is 0.310. The van der Waals surface area contributed by atoms with Gasteiger partial charge in [0.1, 0.15) is 0 Å². The molecule has 1 heterocycles. The molecule has 0 radical (unpaired) electrons. The molecule has 1 N–H and O–H groups in total. The van der Waals surface area contributed by atoms with E-state index in [1.807, 2.05) is 20.8 Å². The number of hydrogen-bond donors (Lipinski definition) is 1.